The van der Waals surface area contributed by atoms with E-state index in [1.807, 2.05) is 13.0 Å². The highest BCUT2D eigenvalue weighted by Crippen LogP contribution is 2.28. The maximum absolute atomic E-state index is 14.2. The van der Waals surface area contributed by atoms with Crippen LogP contribution in [0.15, 0.2) is 16.9 Å². The number of benzene rings is 1. The summed E-state index contributed by atoms with van der Waals surface area (Å²) >= 11 is 3.23. The molecule has 2 aromatic rings. The van der Waals surface area contributed by atoms with Crippen LogP contribution in [0.4, 0.5) is 10.2 Å². The molecule has 0 aliphatic carbocycles. The quantitative estimate of drug-likeness (QED) is 0.820. The predicted octanol–water partition coefficient (Wildman–Crippen LogP) is 2.63. The molecule has 1 atom stereocenters. The van der Waals surface area contributed by atoms with Gasteiger partial charge in [-0.25, -0.2) is 9.18 Å². The Bertz CT molecular complexity index is 713. The van der Waals surface area contributed by atoms with Gasteiger partial charge >= 0.3 is 5.69 Å². The zero-order valence-corrected chi connectivity index (χ0v) is 12.0. The first kappa shape index (κ1) is 12.6. The highest BCUT2D eigenvalue weighted by atomic mass is 79.9. The number of alkyl halides is 1. The van der Waals surface area contributed by atoms with Crippen LogP contribution in [0, 0.1) is 5.82 Å². The van der Waals surface area contributed by atoms with Gasteiger partial charge in [0.05, 0.1) is 0 Å². The van der Waals surface area contributed by atoms with Gasteiger partial charge in [0, 0.05) is 28.9 Å². The average Bonchev–Trinajstić information content (AvgIpc) is 2.40. The van der Waals surface area contributed by atoms with Gasteiger partial charge in [-0.1, -0.05) is 22.0 Å². The van der Waals surface area contributed by atoms with E-state index < -0.39 is 11.5 Å². The standard InChI is InChI=1S/C13H13BrFN3O/c1-7-4-5-18-12(16-7)9-3-2-8(6-14)10(15)11(9)17-13(18)19/h2-3,7,16H,4-6H2,1H3/t7-/m1/s1. The van der Waals surface area contributed by atoms with E-state index in [0.717, 1.165) is 6.42 Å². The predicted molar refractivity (Wildman–Crippen MR) is 76.3 cm³/mol. The summed E-state index contributed by atoms with van der Waals surface area (Å²) in [6.45, 7) is 2.66. The van der Waals surface area contributed by atoms with E-state index in [1.165, 1.54) is 0 Å². The first-order valence-corrected chi connectivity index (χ1v) is 7.28. The monoisotopic (exact) mass is 325 g/mol. The van der Waals surface area contributed by atoms with Crippen molar-refractivity contribution < 1.29 is 4.39 Å². The van der Waals surface area contributed by atoms with E-state index in [9.17, 15) is 9.18 Å². The Morgan fingerprint density at radius 2 is 2.37 bits per heavy atom. The van der Waals surface area contributed by atoms with Crippen molar-refractivity contribution in [2.45, 2.75) is 31.3 Å². The summed E-state index contributed by atoms with van der Waals surface area (Å²) in [7, 11) is 0. The van der Waals surface area contributed by atoms with Gasteiger partial charge in [0.25, 0.3) is 0 Å². The van der Waals surface area contributed by atoms with E-state index in [-0.39, 0.29) is 11.6 Å². The second kappa shape index (κ2) is 4.59. The molecule has 0 bridgehead atoms. The first-order valence-electron chi connectivity index (χ1n) is 6.16. The van der Waals surface area contributed by atoms with Gasteiger partial charge in [-0.05, 0) is 19.4 Å². The fourth-order valence-electron chi connectivity index (χ4n) is 2.40. The molecule has 0 radical (unpaired) electrons. The fourth-order valence-corrected chi connectivity index (χ4v) is 2.83. The van der Waals surface area contributed by atoms with Gasteiger partial charge in [0.1, 0.15) is 11.3 Å². The number of nitrogens with one attached hydrogen (secondary N) is 1. The largest absolute Gasteiger partial charge is 0.368 e. The molecule has 0 spiro atoms. The van der Waals surface area contributed by atoms with Crippen molar-refractivity contribution in [1.29, 1.82) is 0 Å². The maximum atomic E-state index is 14.2. The molecule has 1 N–H and O–H groups in total. The van der Waals surface area contributed by atoms with Crippen LogP contribution in [0.25, 0.3) is 10.9 Å². The van der Waals surface area contributed by atoms with Crippen LogP contribution < -0.4 is 11.0 Å². The Hall–Kier alpha value is -1.43. The summed E-state index contributed by atoms with van der Waals surface area (Å²) in [6, 6.07) is 3.81. The fraction of sp³-hybridized carbons (Fsp3) is 0.385. The lowest BCUT2D eigenvalue weighted by molar-refractivity contribution is 0.534. The van der Waals surface area contributed by atoms with Crippen LogP contribution in [-0.4, -0.2) is 15.6 Å². The summed E-state index contributed by atoms with van der Waals surface area (Å²) in [4.78, 5) is 15.9. The SMILES string of the molecule is C[C@@H]1CCn2c(c3ccc(CBr)c(F)c3nc2=O)N1. The van der Waals surface area contributed by atoms with Crippen molar-refractivity contribution in [2.75, 3.05) is 5.32 Å². The number of anilines is 1. The second-order valence-electron chi connectivity index (χ2n) is 4.80. The number of hydrogen-bond acceptors (Lipinski definition) is 3. The summed E-state index contributed by atoms with van der Waals surface area (Å²) in [5.41, 5.74) is 0.260. The number of halogens is 2. The minimum atomic E-state index is -0.421. The number of aromatic nitrogens is 2. The lowest BCUT2D eigenvalue weighted by Gasteiger charge is -2.26. The van der Waals surface area contributed by atoms with E-state index >= 15 is 0 Å². The van der Waals surface area contributed by atoms with Crippen LogP contribution in [0.5, 0.6) is 0 Å². The normalized spacial score (nSPS) is 18.2. The molecule has 1 aromatic heterocycles. The Morgan fingerprint density at radius 3 is 3.11 bits per heavy atom. The minimum absolute atomic E-state index is 0.148. The highest BCUT2D eigenvalue weighted by molar-refractivity contribution is 9.08. The van der Waals surface area contributed by atoms with Crippen LogP contribution >= 0.6 is 15.9 Å². The summed E-state index contributed by atoms with van der Waals surface area (Å²) < 4.78 is 15.8. The van der Waals surface area contributed by atoms with Gasteiger partial charge in [0.2, 0.25) is 0 Å². The third-order valence-electron chi connectivity index (χ3n) is 3.47. The lowest BCUT2D eigenvalue weighted by Crippen LogP contribution is -2.35. The van der Waals surface area contributed by atoms with Crippen molar-refractivity contribution in [1.82, 2.24) is 9.55 Å². The topological polar surface area (TPSA) is 46.9 Å². The molecular formula is C13H13BrFN3O. The molecule has 0 fully saturated rings. The number of rotatable bonds is 1. The Morgan fingerprint density at radius 1 is 1.58 bits per heavy atom. The Balaban J connectivity index is 2.37. The van der Waals surface area contributed by atoms with Crippen molar-refractivity contribution in [3.8, 4) is 0 Å². The number of fused-ring (bicyclic) bond motifs is 3. The third kappa shape index (κ3) is 1.94. The van der Waals surface area contributed by atoms with E-state index in [2.05, 4.69) is 26.2 Å². The van der Waals surface area contributed by atoms with Crippen LogP contribution in [0.2, 0.25) is 0 Å². The molecule has 0 amide bonds. The Kier molecular flexibility index (Phi) is 3.05. The van der Waals surface area contributed by atoms with Gasteiger partial charge in [-0.15, -0.1) is 0 Å². The first-order chi connectivity index (χ1) is 9.11. The summed E-state index contributed by atoms with van der Waals surface area (Å²) in [5.74, 6) is 0.253. The molecule has 19 heavy (non-hydrogen) atoms. The molecule has 6 heteroatoms. The van der Waals surface area contributed by atoms with Crippen LogP contribution in [0.3, 0.4) is 0 Å². The van der Waals surface area contributed by atoms with Crippen molar-refractivity contribution in [2.24, 2.45) is 0 Å². The third-order valence-corrected chi connectivity index (χ3v) is 4.08. The minimum Gasteiger partial charge on any atom is -0.368 e. The summed E-state index contributed by atoms with van der Waals surface area (Å²) in [5, 5.41) is 4.31. The van der Waals surface area contributed by atoms with Gasteiger partial charge in [0.15, 0.2) is 5.82 Å². The molecule has 2 heterocycles. The molecule has 1 aliphatic rings. The smallest absolute Gasteiger partial charge is 0.349 e. The van der Waals surface area contributed by atoms with Crippen molar-refractivity contribution >= 4 is 32.7 Å². The molecule has 1 aliphatic heterocycles. The van der Waals surface area contributed by atoms with E-state index in [0.29, 0.717) is 28.6 Å². The van der Waals surface area contributed by atoms with Crippen molar-refractivity contribution in [3.05, 3.63) is 34.0 Å². The van der Waals surface area contributed by atoms with Gasteiger partial charge < -0.3 is 5.32 Å². The highest BCUT2D eigenvalue weighted by Gasteiger charge is 2.20. The maximum Gasteiger partial charge on any atom is 0.349 e. The van der Waals surface area contributed by atoms with E-state index in [4.69, 9.17) is 0 Å². The Labute approximate surface area is 117 Å². The lowest BCUT2D eigenvalue weighted by atomic mass is 10.1. The number of nitrogens with zero attached hydrogens (tertiary/aromatic N) is 2. The average molecular weight is 326 g/mol. The van der Waals surface area contributed by atoms with Gasteiger partial charge in [-0.2, -0.15) is 4.98 Å². The molecule has 0 unspecified atom stereocenters. The number of hydrogen-bond donors (Lipinski definition) is 1. The molecule has 0 saturated heterocycles. The van der Waals surface area contributed by atoms with Crippen LogP contribution in [-0.2, 0) is 11.9 Å². The van der Waals surface area contributed by atoms with E-state index in [1.54, 1.807) is 10.6 Å². The van der Waals surface area contributed by atoms with Gasteiger partial charge in [-0.3, -0.25) is 4.57 Å². The molecule has 0 saturated carbocycles. The molecule has 1 aromatic carbocycles. The zero-order chi connectivity index (χ0) is 13.6. The van der Waals surface area contributed by atoms with Crippen molar-refractivity contribution in [3.63, 3.8) is 0 Å². The van der Waals surface area contributed by atoms with Crippen LogP contribution in [0.1, 0.15) is 18.9 Å². The molecular weight excluding hydrogens is 313 g/mol. The summed E-state index contributed by atoms with van der Waals surface area (Å²) in [6.07, 6.45) is 0.863. The second-order valence-corrected chi connectivity index (χ2v) is 5.36. The molecule has 100 valence electrons. The molecule has 4 nitrogen and oxygen atoms in total. The zero-order valence-electron chi connectivity index (χ0n) is 10.4. The molecule has 3 rings (SSSR count).